The van der Waals surface area contributed by atoms with E-state index in [0.717, 1.165) is 0 Å². The normalized spacial score (nSPS) is 10.1. The molecule has 0 atom stereocenters. The highest BCUT2D eigenvalue weighted by molar-refractivity contribution is 5.85. The third-order valence-electron chi connectivity index (χ3n) is 2.12. The van der Waals surface area contributed by atoms with E-state index in [-0.39, 0.29) is 32.0 Å². The molecule has 0 saturated carbocycles. The fourth-order valence-electron chi connectivity index (χ4n) is 1.33. The maximum atomic E-state index is 10.6. The summed E-state index contributed by atoms with van der Waals surface area (Å²) in [6, 6.07) is 0. The van der Waals surface area contributed by atoms with Gasteiger partial charge in [0.15, 0.2) is 0 Å². The summed E-state index contributed by atoms with van der Waals surface area (Å²) in [5, 5.41) is 30.8. The van der Waals surface area contributed by atoms with Gasteiger partial charge in [-0.2, -0.15) is 0 Å². The molecule has 9 nitrogen and oxygen atoms in total. The zero-order valence-corrected chi connectivity index (χ0v) is 11.7. The van der Waals surface area contributed by atoms with Gasteiger partial charge in [0.25, 0.3) is 0 Å². The maximum absolute atomic E-state index is 10.6. The van der Waals surface area contributed by atoms with Crippen molar-refractivity contribution in [3.8, 4) is 0 Å². The molecule has 5 N–H and O–H groups in total. The number of carboxylic acids is 3. The molecule has 0 heterocycles. The van der Waals surface area contributed by atoms with Gasteiger partial charge in [-0.05, 0) is 0 Å². The molecule has 0 radical (unpaired) electrons. The molecule has 0 rings (SSSR count). The molecule has 0 unspecified atom stereocenters. The van der Waals surface area contributed by atoms with Gasteiger partial charge >= 0.3 is 17.9 Å². The molecule has 0 aliphatic rings. The molecular formula is C10H20ClN3O6. The summed E-state index contributed by atoms with van der Waals surface area (Å²) in [4.78, 5) is 32.7. The van der Waals surface area contributed by atoms with Crippen LogP contribution in [0, 0.1) is 0 Å². The van der Waals surface area contributed by atoms with Gasteiger partial charge in [0.1, 0.15) is 0 Å². The lowest BCUT2D eigenvalue weighted by Gasteiger charge is -2.20. The Morgan fingerprint density at radius 3 is 1.50 bits per heavy atom. The molecule has 20 heavy (non-hydrogen) atoms. The van der Waals surface area contributed by atoms with Crippen molar-refractivity contribution in [1.82, 2.24) is 15.5 Å². The first-order valence-electron chi connectivity index (χ1n) is 5.71. The first-order chi connectivity index (χ1) is 8.91. The molecule has 0 amide bonds. The second kappa shape index (κ2) is 12.6. The van der Waals surface area contributed by atoms with Gasteiger partial charge < -0.3 is 26.0 Å². The van der Waals surface area contributed by atoms with Crippen LogP contribution in [0.5, 0.6) is 0 Å². The van der Waals surface area contributed by atoms with Crippen LogP contribution in [0.15, 0.2) is 0 Å². The number of rotatable bonds is 12. The number of halogens is 1. The lowest BCUT2D eigenvalue weighted by Crippen LogP contribution is -2.41. The zero-order valence-electron chi connectivity index (χ0n) is 10.9. The van der Waals surface area contributed by atoms with Crippen LogP contribution < -0.4 is 10.6 Å². The van der Waals surface area contributed by atoms with Crippen molar-refractivity contribution < 1.29 is 29.7 Å². The number of nitrogens with zero attached hydrogens (tertiary/aromatic N) is 1. The van der Waals surface area contributed by atoms with E-state index < -0.39 is 17.9 Å². The number of hydrogen-bond acceptors (Lipinski definition) is 6. The summed E-state index contributed by atoms with van der Waals surface area (Å²) in [6.45, 7) is 0.888. The number of aliphatic carboxylic acids is 3. The molecule has 0 saturated heterocycles. The fraction of sp³-hybridized carbons (Fsp3) is 0.700. The van der Waals surface area contributed by atoms with Crippen LogP contribution in [0.3, 0.4) is 0 Å². The molecule has 0 aromatic rings. The predicted octanol–water partition coefficient (Wildman–Crippen LogP) is -1.86. The fourth-order valence-corrected chi connectivity index (χ4v) is 1.33. The summed E-state index contributed by atoms with van der Waals surface area (Å²) in [5.41, 5.74) is 0. The average molecular weight is 314 g/mol. The van der Waals surface area contributed by atoms with Crippen molar-refractivity contribution >= 4 is 30.3 Å². The van der Waals surface area contributed by atoms with E-state index >= 15 is 0 Å². The average Bonchev–Trinajstić information content (AvgIpc) is 2.28. The maximum Gasteiger partial charge on any atom is 0.317 e. The minimum atomic E-state index is -0.989. The van der Waals surface area contributed by atoms with E-state index in [1.54, 1.807) is 4.90 Å². The van der Waals surface area contributed by atoms with Crippen LogP contribution in [0.1, 0.15) is 0 Å². The van der Waals surface area contributed by atoms with Gasteiger partial charge in [-0.25, -0.2) is 0 Å². The van der Waals surface area contributed by atoms with Crippen molar-refractivity contribution in [3.63, 3.8) is 0 Å². The summed E-state index contributed by atoms with van der Waals surface area (Å²) >= 11 is 0. The third kappa shape index (κ3) is 14.6. The number of nitrogens with one attached hydrogen (secondary N) is 2. The Labute approximate surface area is 122 Å². The van der Waals surface area contributed by atoms with Gasteiger partial charge in [0, 0.05) is 26.2 Å². The first-order valence-corrected chi connectivity index (χ1v) is 5.71. The summed E-state index contributed by atoms with van der Waals surface area (Å²) < 4.78 is 0. The minimum Gasteiger partial charge on any atom is -0.480 e. The molecule has 0 aromatic carbocycles. The van der Waals surface area contributed by atoms with Gasteiger partial charge in [-0.3, -0.25) is 19.3 Å². The SMILES string of the molecule is Cl.O=C(O)CNCCN(CCNCC(=O)O)CC(=O)O. The quantitative estimate of drug-likeness (QED) is 0.262. The second-order valence-corrected chi connectivity index (χ2v) is 3.81. The van der Waals surface area contributed by atoms with E-state index in [2.05, 4.69) is 10.6 Å². The molecular weight excluding hydrogens is 294 g/mol. The Hall–Kier alpha value is -1.42. The molecule has 0 bridgehead atoms. The largest absolute Gasteiger partial charge is 0.480 e. The Balaban J connectivity index is 0. The van der Waals surface area contributed by atoms with Crippen molar-refractivity contribution in [3.05, 3.63) is 0 Å². The van der Waals surface area contributed by atoms with Crippen LogP contribution in [0.2, 0.25) is 0 Å². The molecule has 0 aromatic heterocycles. The lowest BCUT2D eigenvalue weighted by molar-refractivity contribution is -0.139. The molecule has 0 aliphatic carbocycles. The Kier molecular flexibility index (Phi) is 13.2. The van der Waals surface area contributed by atoms with E-state index in [1.165, 1.54) is 0 Å². The van der Waals surface area contributed by atoms with Crippen molar-refractivity contribution in [1.29, 1.82) is 0 Å². The molecule has 0 fully saturated rings. The Morgan fingerprint density at radius 2 is 1.20 bits per heavy atom. The van der Waals surface area contributed by atoms with E-state index in [9.17, 15) is 14.4 Å². The van der Waals surface area contributed by atoms with Crippen molar-refractivity contribution in [2.75, 3.05) is 45.8 Å². The van der Waals surface area contributed by atoms with Crippen LogP contribution in [0.4, 0.5) is 0 Å². The van der Waals surface area contributed by atoms with E-state index in [0.29, 0.717) is 26.2 Å². The highest BCUT2D eigenvalue weighted by Gasteiger charge is 2.09. The molecule has 0 spiro atoms. The Bertz CT molecular complexity index is 293. The summed E-state index contributed by atoms with van der Waals surface area (Å²) in [6.07, 6.45) is 0. The van der Waals surface area contributed by atoms with Gasteiger partial charge in [-0.15, -0.1) is 12.4 Å². The van der Waals surface area contributed by atoms with Crippen LogP contribution in [-0.2, 0) is 14.4 Å². The summed E-state index contributed by atoms with van der Waals surface area (Å²) in [7, 11) is 0. The van der Waals surface area contributed by atoms with Gasteiger partial charge in [0.2, 0.25) is 0 Å². The minimum absolute atomic E-state index is 0. The van der Waals surface area contributed by atoms with Crippen molar-refractivity contribution in [2.45, 2.75) is 0 Å². The van der Waals surface area contributed by atoms with Crippen LogP contribution in [0.25, 0.3) is 0 Å². The van der Waals surface area contributed by atoms with Crippen molar-refractivity contribution in [2.24, 2.45) is 0 Å². The molecule has 10 heteroatoms. The number of hydrogen-bond donors (Lipinski definition) is 5. The Morgan fingerprint density at radius 1 is 0.800 bits per heavy atom. The molecule has 0 aliphatic heterocycles. The summed E-state index contributed by atoms with van der Waals surface area (Å²) in [5.74, 6) is -2.95. The van der Waals surface area contributed by atoms with E-state index in [4.69, 9.17) is 15.3 Å². The third-order valence-corrected chi connectivity index (χ3v) is 2.12. The molecule has 118 valence electrons. The highest BCUT2D eigenvalue weighted by Crippen LogP contribution is 1.86. The monoisotopic (exact) mass is 313 g/mol. The smallest absolute Gasteiger partial charge is 0.317 e. The van der Waals surface area contributed by atoms with Gasteiger partial charge in [0.05, 0.1) is 19.6 Å². The van der Waals surface area contributed by atoms with Crippen LogP contribution >= 0.6 is 12.4 Å². The number of carboxylic acid groups (broad SMARTS) is 3. The first kappa shape index (κ1) is 20.9. The van der Waals surface area contributed by atoms with E-state index in [1.807, 2.05) is 0 Å². The lowest BCUT2D eigenvalue weighted by atomic mass is 10.4. The topological polar surface area (TPSA) is 139 Å². The second-order valence-electron chi connectivity index (χ2n) is 3.81. The van der Waals surface area contributed by atoms with Crippen LogP contribution in [-0.4, -0.2) is 83.9 Å². The zero-order chi connectivity index (χ0) is 14.7. The standard InChI is InChI=1S/C10H19N3O6.ClH/c14-8(15)5-11-1-3-13(7-10(18)19)4-2-12-6-9(16)17;/h11-12H,1-7H2,(H,14,15)(H,16,17)(H,18,19);1H. The number of carbonyl (C=O) groups is 3. The highest BCUT2D eigenvalue weighted by atomic mass is 35.5. The predicted molar refractivity (Wildman–Crippen MR) is 72.3 cm³/mol. The van der Waals surface area contributed by atoms with Gasteiger partial charge in [-0.1, -0.05) is 0 Å².